The van der Waals surface area contributed by atoms with E-state index < -0.39 is 0 Å². The molecule has 2 aromatic rings. The fourth-order valence-electron chi connectivity index (χ4n) is 1.62. The summed E-state index contributed by atoms with van der Waals surface area (Å²) in [5, 5.41) is 8.99. The number of hydrogen-bond donors (Lipinski definition) is 0. The predicted octanol–water partition coefficient (Wildman–Crippen LogP) is 2.59. The van der Waals surface area contributed by atoms with Crippen molar-refractivity contribution in [3.8, 4) is 11.3 Å². The fourth-order valence-corrected chi connectivity index (χ4v) is 1.89. The Hall–Kier alpha value is -1.10. The molecule has 0 saturated carbocycles. The van der Waals surface area contributed by atoms with Gasteiger partial charge in [-0.3, -0.25) is 4.68 Å². The molecule has 0 N–H and O–H groups in total. The molecule has 0 atom stereocenters. The van der Waals surface area contributed by atoms with Crippen LogP contribution in [0.15, 0.2) is 10.6 Å². The van der Waals surface area contributed by atoms with Crippen LogP contribution in [0.4, 0.5) is 0 Å². The van der Waals surface area contributed by atoms with Crippen LogP contribution in [0.1, 0.15) is 17.1 Å². The molecule has 2 heterocycles. The van der Waals surface area contributed by atoms with Gasteiger partial charge in [-0.05, 0) is 13.8 Å². The topological polar surface area (TPSA) is 43.9 Å². The van der Waals surface area contributed by atoms with Crippen LogP contribution < -0.4 is 0 Å². The van der Waals surface area contributed by atoms with Gasteiger partial charge in [-0.25, -0.2) is 0 Å². The first-order chi connectivity index (χ1) is 7.13. The number of aryl methyl sites for hydroxylation is 2. The summed E-state index contributed by atoms with van der Waals surface area (Å²) in [6.45, 7) is 3.99. The highest BCUT2D eigenvalue weighted by molar-refractivity contribution is 9.08. The summed E-state index contributed by atoms with van der Waals surface area (Å²) < 4.78 is 7.13. The molecule has 2 aromatic heterocycles. The van der Waals surface area contributed by atoms with Gasteiger partial charge in [-0.2, -0.15) is 5.10 Å². The average molecular weight is 270 g/mol. The van der Waals surface area contributed by atoms with E-state index in [0.717, 1.165) is 28.4 Å². The molecule has 2 rings (SSSR count). The Morgan fingerprint density at radius 2 is 2.20 bits per heavy atom. The van der Waals surface area contributed by atoms with E-state index in [2.05, 4.69) is 26.2 Å². The Balaban J connectivity index is 2.53. The number of hydrogen-bond acceptors (Lipinski definition) is 3. The number of aromatic nitrogens is 3. The van der Waals surface area contributed by atoms with Crippen molar-refractivity contribution in [2.24, 2.45) is 7.05 Å². The third-order valence-corrected chi connectivity index (χ3v) is 3.03. The van der Waals surface area contributed by atoms with Crippen molar-refractivity contribution < 1.29 is 4.52 Å². The van der Waals surface area contributed by atoms with Gasteiger partial charge in [-0.1, -0.05) is 21.1 Å². The number of alkyl halides is 1. The quantitative estimate of drug-likeness (QED) is 0.788. The normalized spacial score (nSPS) is 10.9. The van der Waals surface area contributed by atoms with Crippen molar-refractivity contribution in [1.29, 1.82) is 0 Å². The van der Waals surface area contributed by atoms with Gasteiger partial charge in [0.15, 0.2) is 5.76 Å². The number of halogens is 1. The van der Waals surface area contributed by atoms with Crippen LogP contribution in [0.2, 0.25) is 0 Å². The van der Waals surface area contributed by atoms with Crippen LogP contribution in [0.5, 0.6) is 0 Å². The van der Waals surface area contributed by atoms with Crippen LogP contribution in [0.25, 0.3) is 11.3 Å². The lowest BCUT2D eigenvalue weighted by Gasteiger charge is -1.95. The zero-order valence-corrected chi connectivity index (χ0v) is 10.5. The smallest absolute Gasteiger partial charge is 0.170 e. The SMILES string of the molecule is Cc1nn(C)c(C)c1-c1cc(CBr)no1. The second kappa shape index (κ2) is 3.81. The molecule has 0 aliphatic carbocycles. The van der Waals surface area contributed by atoms with Crippen LogP contribution in [-0.4, -0.2) is 14.9 Å². The minimum atomic E-state index is 0.703. The average Bonchev–Trinajstić information content (AvgIpc) is 2.74. The molecule has 80 valence electrons. The molecule has 0 saturated heterocycles. The summed E-state index contributed by atoms with van der Waals surface area (Å²) in [6, 6.07) is 1.94. The van der Waals surface area contributed by atoms with Crippen molar-refractivity contribution in [2.75, 3.05) is 0 Å². The van der Waals surface area contributed by atoms with Gasteiger partial charge >= 0.3 is 0 Å². The van der Waals surface area contributed by atoms with Gasteiger partial charge < -0.3 is 4.52 Å². The third-order valence-electron chi connectivity index (χ3n) is 2.45. The Bertz CT molecular complexity index is 487. The second-order valence-corrected chi connectivity index (χ2v) is 4.05. The largest absolute Gasteiger partial charge is 0.356 e. The summed E-state index contributed by atoms with van der Waals surface area (Å²) >= 11 is 3.34. The van der Waals surface area contributed by atoms with Crippen molar-refractivity contribution in [3.63, 3.8) is 0 Å². The zero-order valence-electron chi connectivity index (χ0n) is 8.91. The molecular weight excluding hydrogens is 258 g/mol. The van der Waals surface area contributed by atoms with Crippen molar-refractivity contribution in [2.45, 2.75) is 19.2 Å². The first-order valence-corrected chi connectivity index (χ1v) is 5.77. The van der Waals surface area contributed by atoms with Gasteiger partial charge in [0.2, 0.25) is 0 Å². The molecule has 15 heavy (non-hydrogen) atoms. The lowest BCUT2D eigenvalue weighted by molar-refractivity contribution is 0.426. The van der Waals surface area contributed by atoms with E-state index in [0.29, 0.717) is 5.33 Å². The van der Waals surface area contributed by atoms with Crippen LogP contribution >= 0.6 is 15.9 Å². The lowest BCUT2D eigenvalue weighted by Crippen LogP contribution is -1.92. The Labute approximate surface area is 96.4 Å². The van der Waals surface area contributed by atoms with Crippen LogP contribution in [-0.2, 0) is 12.4 Å². The standard InChI is InChI=1S/C10H12BrN3O/c1-6-10(7(2)14(3)12-6)9-4-8(5-11)13-15-9/h4H,5H2,1-3H3. The van der Waals surface area contributed by atoms with Crippen LogP contribution in [0, 0.1) is 13.8 Å². The third kappa shape index (κ3) is 1.71. The molecule has 0 bridgehead atoms. The molecule has 0 spiro atoms. The Kier molecular flexibility index (Phi) is 2.65. The minimum Gasteiger partial charge on any atom is -0.356 e. The summed E-state index contributed by atoms with van der Waals surface area (Å²) in [4.78, 5) is 0. The predicted molar refractivity (Wildman–Crippen MR) is 60.8 cm³/mol. The van der Waals surface area contributed by atoms with Gasteiger partial charge in [-0.15, -0.1) is 0 Å². The molecule has 0 aromatic carbocycles. The first-order valence-electron chi connectivity index (χ1n) is 4.65. The molecule has 0 aliphatic rings. The monoisotopic (exact) mass is 269 g/mol. The van der Waals surface area contributed by atoms with E-state index in [9.17, 15) is 0 Å². The second-order valence-electron chi connectivity index (χ2n) is 3.49. The molecular formula is C10H12BrN3O. The molecule has 0 fully saturated rings. The van der Waals surface area contributed by atoms with Gasteiger partial charge in [0, 0.05) is 24.1 Å². The molecule has 0 amide bonds. The summed E-state index contributed by atoms with van der Waals surface area (Å²) in [5.74, 6) is 0.785. The van der Waals surface area contributed by atoms with Crippen molar-refractivity contribution in [3.05, 3.63) is 23.1 Å². The highest BCUT2D eigenvalue weighted by Crippen LogP contribution is 2.27. The molecule has 0 aliphatic heterocycles. The van der Waals surface area contributed by atoms with E-state index in [-0.39, 0.29) is 0 Å². The zero-order chi connectivity index (χ0) is 11.0. The minimum absolute atomic E-state index is 0.703. The van der Waals surface area contributed by atoms with E-state index >= 15 is 0 Å². The van der Waals surface area contributed by atoms with E-state index in [1.807, 2.05) is 31.6 Å². The molecule has 0 radical (unpaired) electrons. The maximum Gasteiger partial charge on any atom is 0.170 e. The first kappa shape index (κ1) is 10.4. The lowest BCUT2D eigenvalue weighted by atomic mass is 10.1. The molecule has 5 heteroatoms. The number of rotatable bonds is 2. The van der Waals surface area contributed by atoms with Gasteiger partial charge in [0.25, 0.3) is 0 Å². The Morgan fingerprint density at radius 1 is 1.47 bits per heavy atom. The van der Waals surface area contributed by atoms with Crippen LogP contribution in [0.3, 0.4) is 0 Å². The summed E-state index contributed by atoms with van der Waals surface area (Å²) in [5.41, 5.74) is 3.99. The highest BCUT2D eigenvalue weighted by Gasteiger charge is 2.15. The summed E-state index contributed by atoms with van der Waals surface area (Å²) in [6.07, 6.45) is 0. The maximum atomic E-state index is 5.28. The van der Waals surface area contributed by atoms with E-state index in [1.165, 1.54) is 0 Å². The number of nitrogens with zero attached hydrogens (tertiary/aromatic N) is 3. The molecule has 4 nitrogen and oxygen atoms in total. The van der Waals surface area contributed by atoms with E-state index in [4.69, 9.17) is 4.52 Å². The van der Waals surface area contributed by atoms with Crippen molar-refractivity contribution in [1.82, 2.24) is 14.9 Å². The van der Waals surface area contributed by atoms with Gasteiger partial charge in [0.05, 0.1) is 17.0 Å². The van der Waals surface area contributed by atoms with E-state index in [1.54, 1.807) is 0 Å². The molecule has 0 unspecified atom stereocenters. The summed E-state index contributed by atoms with van der Waals surface area (Å²) in [7, 11) is 1.92. The van der Waals surface area contributed by atoms with Gasteiger partial charge in [0.1, 0.15) is 0 Å². The maximum absolute atomic E-state index is 5.28. The fraction of sp³-hybridized carbons (Fsp3) is 0.400. The Morgan fingerprint density at radius 3 is 2.67 bits per heavy atom. The highest BCUT2D eigenvalue weighted by atomic mass is 79.9. The van der Waals surface area contributed by atoms with Crippen molar-refractivity contribution >= 4 is 15.9 Å².